The molecule has 0 radical (unpaired) electrons. The molecule has 1 fully saturated rings. The van der Waals surface area contributed by atoms with E-state index in [2.05, 4.69) is 47.6 Å². The smallest absolute Gasteiger partial charge is 0.234 e. The van der Waals surface area contributed by atoms with Gasteiger partial charge in [-0.15, -0.1) is 11.8 Å². The third-order valence-electron chi connectivity index (χ3n) is 3.93. The third kappa shape index (κ3) is 2.94. The molecule has 1 atom stereocenters. The van der Waals surface area contributed by atoms with E-state index in [1.807, 2.05) is 0 Å². The Labute approximate surface area is 124 Å². The molecule has 20 heavy (non-hydrogen) atoms. The van der Waals surface area contributed by atoms with Gasteiger partial charge in [-0.2, -0.15) is 0 Å². The number of rotatable bonds is 3. The number of carbonyl (C=O) groups excluding carboxylic acids is 1. The maximum absolute atomic E-state index is 11.4. The molecule has 0 aromatic heterocycles. The lowest BCUT2D eigenvalue weighted by Crippen LogP contribution is -2.31. The van der Waals surface area contributed by atoms with Crippen LogP contribution in [-0.2, 0) is 4.79 Å². The Balaban J connectivity index is 1.67. The summed E-state index contributed by atoms with van der Waals surface area (Å²) in [4.78, 5) is 15.1. The van der Waals surface area contributed by atoms with Crippen molar-refractivity contribution in [3.63, 3.8) is 0 Å². The first-order valence-electron chi connectivity index (χ1n) is 7.19. The van der Waals surface area contributed by atoms with Crippen LogP contribution in [0.4, 0.5) is 11.4 Å². The molecule has 1 aromatic rings. The standard InChI is InChI=1S/C15H21N3OS/c1-10(2)18-6-5-12(8-18)16-11-3-4-14-13(7-11)17-15(19)9-20-14/h3-4,7,10,12,16H,5-6,8-9H2,1-2H3,(H,17,19). The Morgan fingerprint density at radius 1 is 1.45 bits per heavy atom. The molecule has 2 aliphatic rings. The fraction of sp³-hybridized carbons (Fsp3) is 0.533. The van der Waals surface area contributed by atoms with Crippen LogP contribution in [0.1, 0.15) is 20.3 Å². The maximum Gasteiger partial charge on any atom is 0.234 e. The molecule has 1 aromatic carbocycles. The number of benzene rings is 1. The Bertz CT molecular complexity index is 518. The minimum Gasteiger partial charge on any atom is -0.381 e. The molecule has 2 N–H and O–H groups in total. The topological polar surface area (TPSA) is 44.4 Å². The normalized spacial score (nSPS) is 22.8. The van der Waals surface area contributed by atoms with Gasteiger partial charge in [-0.05, 0) is 38.5 Å². The number of anilines is 2. The maximum atomic E-state index is 11.4. The summed E-state index contributed by atoms with van der Waals surface area (Å²) in [5.74, 6) is 0.609. The number of amides is 1. The van der Waals surface area contributed by atoms with Crippen LogP contribution in [-0.4, -0.2) is 41.7 Å². The molecule has 0 bridgehead atoms. The molecular weight excluding hydrogens is 270 g/mol. The van der Waals surface area contributed by atoms with Gasteiger partial charge in [0.05, 0.1) is 11.4 Å². The first-order valence-corrected chi connectivity index (χ1v) is 8.17. The number of hydrogen-bond acceptors (Lipinski definition) is 4. The van der Waals surface area contributed by atoms with Gasteiger partial charge < -0.3 is 10.6 Å². The number of fused-ring (bicyclic) bond motifs is 1. The molecule has 2 heterocycles. The summed E-state index contributed by atoms with van der Waals surface area (Å²) in [6.45, 7) is 6.74. The SMILES string of the molecule is CC(C)N1CCC(Nc2ccc3c(c2)NC(=O)CS3)C1. The van der Waals surface area contributed by atoms with Crippen molar-refractivity contribution in [1.82, 2.24) is 4.90 Å². The average Bonchev–Trinajstić information content (AvgIpc) is 2.87. The highest BCUT2D eigenvalue weighted by Gasteiger charge is 2.24. The fourth-order valence-electron chi connectivity index (χ4n) is 2.78. The number of carbonyl (C=O) groups is 1. The fourth-order valence-corrected chi connectivity index (χ4v) is 3.57. The van der Waals surface area contributed by atoms with E-state index in [9.17, 15) is 4.79 Å². The summed E-state index contributed by atoms with van der Waals surface area (Å²) in [7, 11) is 0. The lowest BCUT2D eigenvalue weighted by molar-refractivity contribution is -0.113. The van der Waals surface area contributed by atoms with Crippen molar-refractivity contribution >= 4 is 29.0 Å². The van der Waals surface area contributed by atoms with Gasteiger partial charge in [-0.25, -0.2) is 0 Å². The predicted molar refractivity (Wildman–Crippen MR) is 84.5 cm³/mol. The van der Waals surface area contributed by atoms with Gasteiger partial charge in [-0.3, -0.25) is 9.69 Å². The minimum atomic E-state index is 0.0894. The van der Waals surface area contributed by atoms with Crippen molar-refractivity contribution in [2.24, 2.45) is 0 Å². The van der Waals surface area contributed by atoms with Crippen LogP contribution in [0, 0.1) is 0 Å². The quantitative estimate of drug-likeness (QED) is 0.898. The Morgan fingerprint density at radius 2 is 2.30 bits per heavy atom. The molecule has 5 heteroatoms. The van der Waals surface area contributed by atoms with Crippen molar-refractivity contribution in [2.75, 3.05) is 29.5 Å². The largest absolute Gasteiger partial charge is 0.381 e. The highest BCUT2D eigenvalue weighted by atomic mass is 32.2. The molecule has 4 nitrogen and oxygen atoms in total. The van der Waals surface area contributed by atoms with Crippen LogP contribution in [0.15, 0.2) is 23.1 Å². The van der Waals surface area contributed by atoms with Gasteiger partial charge in [0, 0.05) is 35.8 Å². The second-order valence-corrected chi connectivity index (χ2v) is 6.78. The summed E-state index contributed by atoms with van der Waals surface area (Å²) >= 11 is 1.60. The van der Waals surface area contributed by atoms with E-state index in [0.717, 1.165) is 29.4 Å². The van der Waals surface area contributed by atoms with Crippen LogP contribution in [0.2, 0.25) is 0 Å². The first kappa shape index (κ1) is 13.8. The number of thioether (sulfide) groups is 1. The molecule has 0 spiro atoms. The lowest BCUT2D eigenvalue weighted by atomic mass is 10.2. The Kier molecular flexibility index (Phi) is 3.89. The number of likely N-dealkylation sites (tertiary alicyclic amines) is 1. The molecule has 1 unspecified atom stereocenters. The Morgan fingerprint density at radius 3 is 3.05 bits per heavy atom. The minimum absolute atomic E-state index is 0.0894. The van der Waals surface area contributed by atoms with E-state index in [0.29, 0.717) is 17.8 Å². The number of nitrogens with one attached hydrogen (secondary N) is 2. The molecule has 108 valence electrons. The zero-order valence-electron chi connectivity index (χ0n) is 12.0. The van der Waals surface area contributed by atoms with Crippen molar-refractivity contribution in [1.29, 1.82) is 0 Å². The average molecular weight is 291 g/mol. The van der Waals surface area contributed by atoms with Crippen LogP contribution >= 0.6 is 11.8 Å². The molecular formula is C15H21N3OS. The van der Waals surface area contributed by atoms with Gasteiger partial charge in [0.1, 0.15) is 0 Å². The molecule has 2 aliphatic heterocycles. The lowest BCUT2D eigenvalue weighted by Gasteiger charge is -2.22. The van der Waals surface area contributed by atoms with Gasteiger partial charge >= 0.3 is 0 Å². The zero-order valence-corrected chi connectivity index (χ0v) is 12.8. The predicted octanol–water partition coefficient (Wildman–Crippen LogP) is 2.63. The number of nitrogens with zero attached hydrogens (tertiary/aromatic N) is 1. The van der Waals surface area contributed by atoms with Crippen molar-refractivity contribution in [3.8, 4) is 0 Å². The second-order valence-electron chi connectivity index (χ2n) is 5.77. The number of hydrogen-bond donors (Lipinski definition) is 2. The van der Waals surface area contributed by atoms with E-state index < -0.39 is 0 Å². The summed E-state index contributed by atoms with van der Waals surface area (Å²) < 4.78 is 0. The molecule has 1 amide bonds. The summed E-state index contributed by atoms with van der Waals surface area (Å²) in [5.41, 5.74) is 2.04. The highest BCUT2D eigenvalue weighted by molar-refractivity contribution is 8.00. The summed E-state index contributed by atoms with van der Waals surface area (Å²) in [6.07, 6.45) is 1.18. The second kappa shape index (κ2) is 5.66. The van der Waals surface area contributed by atoms with Gasteiger partial charge in [0.15, 0.2) is 0 Å². The highest BCUT2D eigenvalue weighted by Crippen LogP contribution is 2.33. The van der Waals surface area contributed by atoms with E-state index in [1.54, 1.807) is 11.8 Å². The zero-order chi connectivity index (χ0) is 14.1. The van der Waals surface area contributed by atoms with E-state index in [4.69, 9.17) is 0 Å². The van der Waals surface area contributed by atoms with Gasteiger partial charge in [0.2, 0.25) is 5.91 Å². The van der Waals surface area contributed by atoms with E-state index in [1.165, 1.54) is 6.42 Å². The summed E-state index contributed by atoms with van der Waals surface area (Å²) in [6, 6.07) is 7.37. The molecule has 0 saturated carbocycles. The van der Waals surface area contributed by atoms with Gasteiger partial charge in [-0.1, -0.05) is 0 Å². The van der Waals surface area contributed by atoms with Crippen molar-refractivity contribution < 1.29 is 4.79 Å². The van der Waals surface area contributed by atoms with E-state index >= 15 is 0 Å². The molecule has 1 saturated heterocycles. The third-order valence-corrected chi connectivity index (χ3v) is 5.01. The summed E-state index contributed by atoms with van der Waals surface area (Å²) in [5, 5.41) is 6.53. The Hall–Kier alpha value is -1.20. The monoisotopic (exact) mass is 291 g/mol. The van der Waals surface area contributed by atoms with Crippen LogP contribution < -0.4 is 10.6 Å². The van der Waals surface area contributed by atoms with Crippen LogP contribution in [0.25, 0.3) is 0 Å². The van der Waals surface area contributed by atoms with Crippen LogP contribution in [0.3, 0.4) is 0 Å². The van der Waals surface area contributed by atoms with Crippen molar-refractivity contribution in [2.45, 2.75) is 37.2 Å². The molecule has 3 rings (SSSR count). The van der Waals surface area contributed by atoms with Gasteiger partial charge in [0.25, 0.3) is 0 Å². The van der Waals surface area contributed by atoms with Crippen LogP contribution in [0.5, 0.6) is 0 Å². The van der Waals surface area contributed by atoms with Crippen molar-refractivity contribution in [3.05, 3.63) is 18.2 Å². The first-order chi connectivity index (χ1) is 9.61. The molecule has 0 aliphatic carbocycles. The van der Waals surface area contributed by atoms with E-state index in [-0.39, 0.29) is 5.91 Å².